The largest absolute Gasteiger partial charge is 0.368 e. The van der Waals surface area contributed by atoms with Crippen LogP contribution in [0.1, 0.15) is 30.9 Å². The number of aryl methyl sites for hydroxylation is 1. The van der Waals surface area contributed by atoms with E-state index in [1.165, 1.54) is 5.56 Å². The van der Waals surface area contributed by atoms with E-state index in [0.717, 1.165) is 35.1 Å². The third-order valence-corrected chi connectivity index (χ3v) is 5.17. The van der Waals surface area contributed by atoms with Gasteiger partial charge in [-0.3, -0.25) is 0 Å². The fourth-order valence-electron chi connectivity index (χ4n) is 3.35. The topological polar surface area (TPSA) is 35.6 Å². The van der Waals surface area contributed by atoms with Gasteiger partial charge in [-0.05, 0) is 48.2 Å². The molecule has 1 aliphatic heterocycles. The number of rotatable bonds is 3. The van der Waals surface area contributed by atoms with Crippen molar-refractivity contribution in [2.45, 2.75) is 26.7 Å². The Hall–Kier alpha value is -2.20. The first kappa shape index (κ1) is 18.6. The molecule has 0 radical (unpaired) electrons. The predicted octanol–water partition coefficient (Wildman–Crippen LogP) is 5.13. The third-order valence-electron chi connectivity index (χ3n) is 4.92. The van der Waals surface area contributed by atoms with Gasteiger partial charge in [-0.25, -0.2) is 4.79 Å². The number of hydrogen-bond acceptors (Lipinski definition) is 2. The zero-order valence-corrected chi connectivity index (χ0v) is 16.4. The number of piperazine rings is 1. The summed E-state index contributed by atoms with van der Waals surface area (Å²) in [5.41, 5.74) is 4.38. The zero-order valence-electron chi connectivity index (χ0n) is 15.6. The molecule has 1 heterocycles. The van der Waals surface area contributed by atoms with Gasteiger partial charge < -0.3 is 15.1 Å². The molecule has 1 aliphatic rings. The van der Waals surface area contributed by atoms with Crippen molar-refractivity contribution in [3.05, 3.63) is 58.6 Å². The highest BCUT2D eigenvalue weighted by atomic mass is 35.5. The molecule has 2 amide bonds. The van der Waals surface area contributed by atoms with Crippen LogP contribution in [0.25, 0.3) is 0 Å². The van der Waals surface area contributed by atoms with E-state index < -0.39 is 0 Å². The van der Waals surface area contributed by atoms with Crippen molar-refractivity contribution >= 4 is 29.0 Å². The summed E-state index contributed by atoms with van der Waals surface area (Å²) in [6.45, 7) is 9.39. The smallest absolute Gasteiger partial charge is 0.321 e. The van der Waals surface area contributed by atoms with Crippen LogP contribution in [-0.4, -0.2) is 37.1 Å². The second-order valence-electron chi connectivity index (χ2n) is 7.07. The molecule has 0 unspecified atom stereocenters. The molecule has 0 atom stereocenters. The molecule has 3 rings (SSSR count). The molecule has 138 valence electrons. The first-order valence-corrected chi connectivity index (χ1v) is 9.49. The summed E-state index contributed by atoms with van der Waals surface area (Å²) in [6.07, 6.45) is 0. The Morgan fingerprint density at radius 2 is 1.69 bits per heavy atom. The Labute approximate surface area is 160 Å². The lowest BCUT2D eigenvalue weighted by Gasteiger charge is -2.36. The minimum absolute atomic E-state index is 0.0167. The van der Waals surface area contributed by atoms with E-state index in [2.05, 4.69) is 30.1 Å². The minimum atomic E-state index is -0.0167. The first-order valence-electron chi connectivity index (χ1n) is 9.11. The number of halogens is 1. The van der Waals surface area contributed by atoms with Crippen molar-refractivity contribution in [1.82, 2.24) is 4.90 Å². The van der Waals surface area contributed by atoms with Gasteiger partial charge in [-0.15, -0.1) is 0 Å². The first-order chi connectivity index (χ1) is 12.5. The van der Waals surface area contributed by atoms with Crippen LogP contribution in [0, 0.1) is 6.92 Å². The number of nitrogens with zero attached hydrogens (tertiary/aromatic N) is 2. The predicted molar refractivity (Wildman–Crippen MR) is 110 cm³/mol. The molecular formula is C21H26ClN3O. The highest BCUT2D eigenvalue weighted by molar-refractivity contribution is 6.30. The summed E-state index contributed by atoms with van der Waals surface area (Å²) < 4.78 is 0. The van der Waals surface area contributed by atoms with Crippen LogP contribution in [0.15, 0.2) is 42.5 Å². The van der Waals surface area contributed by atoms with Gasteiger partial charge in [-0.2, -0.15) is 0 Å². The Bertz CT molecular complexity index is 765. The van der Waals surface area contributed by atoms with Gasteiger partial charge in [0.1, 0.15) is 0 Å². The van der Waals surface area contributed by atoms with Crippen LogP contribution in [0.4, 0.5) is 16.2 Å². The molecule has 0 aliphatic carbocycles. The summed E-state index contributed by atoms with van der Waals surface area (Å²) >= 11 is 5.96. The van der Waals surface area contributed by atoms with Crippen molar-refractivity contribution in [2.24, 2.45) is 0 Å². The summed E-state index contributed by atoms with van der Waals surface area (Å²) in [5.74, 6) is 0.368. The van der Waals surface area contributed by atoms with E-state index >= 15 is 0 Å². The highest BCUT2D eigenvalue weighted by Crippen LogP contribution is 2.28. The van der Waals surface area contributed by atoms with E-state index in [4.69, 9.17) is 11.6 Å². The molecule has 2 aromatic rings. The fraction of sp³-hybridized carbons (Fsp3) is 0.381. The van der Waals surface area contributed by atoms with Crippen LogP contribution in [-0.2, 0) is 0 Å². The lowest BCUT2D eigenvalue weighted by molar-refractivity contribution is 0.208. The molecule has 0 aromatic heterocycles. The van der Waals surface area contributed by atoms with Crippen LogP contribution < -0.4 is 10.2 Å². The monoisotopic (exact) mass is 371 g/mol. The van der Waals surface area contributed by atoms with E-state index in [-0.39, 0.29) is 6.03 Å². The van der Waals surface area contributed by atoms with Gasteiger partial charge in [0.05, 0.1) is 0 Å². The SMILES string of the molecule is Cc1cccc(C(C)C)c1NC(=O)N1CCN(c2ccc(Cl)cc2)CC1. The van der Waals surface area contributed by atoms with E-state index in [1.54, 1.807) is 0 Å². The van der Waals surface area contributed by atoms with Crippen LogP contribution in [0.2, 0.25) is 5.02 Å². The number of anilines is 2. The highest BCUT2D eigenvalue weighted by Gasteiger charge is 2.22. The fourth-order valence-corrected chi connectivity index (χ4v) is 3.47. The van der Waals surface area contributed by atoms with Gasteiger partial charge in [0.2, 0.25) is 0 Å². The second-order valence-corrected chi connectivity index (χ2v) is 7.51. The van der Waals surface area contributed by atoms with Crippen LogP contribution in [0.5, 0.6) is 0 Å². The molecule has 0 bridgehead atoms. The summed E-state index contributed by atoms with van der Waals surface area (Å²) in [5, 5.41) is 3.88. The Kier molecular flexibility index (Phi) is 5.72. The van der Waals surface area contributed by atoms with E-state index in [1.807, 2.05) is 48.2 Å². The lowest BCUT2D eigenvalue weighted by atomic mass is 9.98. The summed E-state index contributed by atoms with van der Waals surface area (Å²) in [7, 11) is 0. The summed E-state index contributed by atoms with van der Waals surface area (Å²) in [4.78, 5) is 16.9. The van der Waals surface area contributed by atoms with E-state index in [9.17, 15) is 4.79 Å². The molecular weight excluding hydrogens is 346 g/mol. The second kappa shape index (κ2) is 8.00. The quantitative estimate of drug-likeness (QED) is 0.812. The number of carbonyl (C=O) groups is 1. The number of nitrogens with one attached hydrogen (secondary N) is 1. The van der Waals surface area contributed by atoms with Gasteiger partial charge >= 0.3 is 6.03 Å². The lowest BCUT2D eigenvalue weighted by Crippen LogP contribution is -2.50. The molecule has 2 aromatic carbocycles. The maximum Gasteiger partial charge on any atom is 0.321 e. The Morgan fingerprint density at radius 3 is 2.31 bits per heavy atom. The minimum Gasteiger partial charge on any atom is -0.368 e. The average molecular weight is 372 g/mol. The molecule has 0 spiro atoms. The van der Waals surface area contributed by atoms with Gasteiger partial charge in [-0.1, -0.05) is 43.6 Å². The maximum atomic E-state index is 12.8. The molecule has 1 N–H and O–H groups in total. The number of para-hydroxylation sites is 1. The molecule has 1 fully saturated rings. The average Bonchev–Trinajstić information content (AvgIpc) is 2.64. The molecule has 0 saturated carbocycles. The Balaban J connectivity index is 1.63. The van der Waals surface area contributed by atoms with Crippen molar-refractivity contribution in [3.8, 4) is 0 Å². The van der Waals surface area contributed by atoms with Crippen LogP contribution in [0.3, 0.4) is 0 Å². The standard InChI is InChI=1S/C21H26ClN3O/c1-15(2)19-6-4-5-16(3)20(19)23-21(26)25-13-11-24(12-14-25)18-9-7-17(22)8-10-18/h4-10,15H,11-14H2,1-3H3,(H,23,26). The third kappa shape index (κ3) is 4.13. The Morgan fingerprint density at radius 1 is 1.04 bits per heavy atom. The van der Waals surface area contributed by atoms with Crippen LogP contribution >= 0.6 is 11.6 Å². The number of carbonyl (C=O) groups excluding carboxylic acids is 1. The molecule has 1 saturated heterocycles. The van der Waals surface area contributed by atoms with Crippen molar-refractivity contribution < 1.29 is 4.79 Å². The van der Waals surface area contributed by atoms with Crippen molar-refractivity contribution in [1.29, 1.82) is 0 Å². The number of urea groups is 1. The molecule has 26 heavy (non-hydrogen) atoms. The van der Waals surface area contributed by atoms with Gasteiger partial charge in [0.25, 0.3) is 0 Å². The molecule has 5 heteroatoms. The number of benzene rings is 2. The number of amides is 2. The van der Waals surface area contributed by atoms with Crippen molar-refractivity contribution in [3.63, 3.8) is 0 Å². The molecule has 4 nitrogen and oxygen atoms in total. The van der Waals surface area contributed by atoms with Gasteiger partial charge in [0.15, 0.2) is 0 Å². The van der Waals surface area contributed by atoms with Crippen molar-refractivity contribution in [2.75, 3.05) is 36.4 Å². The maximum absolute atomic E-state index is 12.8. The normalized spacial score (nSPS) is 14.7. The summed E-state index contributed by atoms with van der Waals surface area (Å²) in [6, 6.07) is 14.0. The van der Waals surface area contributed by atoms with E-state index in [0.29, 0.717) is 19.0 Å². The zero-order chi connectivity index (χ0) is 18.7. The number of hydrogen-bond donors (Lipinski definition) is 1. The van der Waals surface area contributed by atoms with Gasteiger partial charge in [0, 0.05) is 42.6 Å².